The van der Waals surface area contributed by atoms with Crippen LogP contribution in [0.15, 0.2) is 79.4 Å². The Morgan fingerprint density at radius 2 is 1.43 bits per heavy atom. The molecule has 0 N–H and O–H groups in total. The van der Waals surface area contributed by atoms with Gasteiger partial charge in [0.2, 0.25) is 0 Å². The van der Waals surface area contributed by atoms with E-state index in [1.165, 1.54) is 12.1 Å². The first kappa shape index (κ1) is 24.5. The Morgan fingerprint density at radius 1 is 0.703 bits per heavy atom. The summed E-state index contributed by atoms with van der Waals surface area (Å²) in [6.07, 6.45) is 3.53. The maximum absolute atomic E-state index is 14.0. The van der Waals surface area contributed by atoms with Crippen molar-refractivity contribution < 1.29 is 26.7 Å². The molecule has 5 aromatic rings. The summed E-state index contributed by atoms with van der Waals surface area (Å²) in [6.45, 7) is 0. The largest absolute Gasteiger partial charge is 0.417 e. The molecule has 186 valence electrons. The second-order valence-electron chi connectivity index (χ2n) is 8.64. The lowest BCUT2D eigenvalue weighted by molar-refractivity contribution is -0.136. The van der Waals surface area contributed by atoms with Gasteiger partial charge in [-0.25, -0.2) is 8.78 Å². The standard InChI is InChI=1S/C25H15F5O.C4H4N2/c26-21-10-7-13(11-22(21)27)18-12-19-14-3-2-6-23(31)15(14)8-9-17(19)24-16(18)4-1-5-20(24)25(28,29)30;1-2-6-4-3-5-1/h1,4-5,7-12H,2-3,6H2;1-4H. The highest BCUT2D eigenvalue weighted by molar-refractivity contribution is 6.18. The number of nitrogens with zero attached hydrogens (tertiary/aromatic N) is 2. The van der Waals surface area contributed by atoms with Crippen LogP contribution in [0, 0.1) is 11.6 Å². The van der Waals surface area contributed by atoms with Gasteiger partial charge in [0.05, 0.1) is 5.56 Å². The normalized spacial score (nSPS) is 13.3. The van der Waals surface area contributed by atoms with Crippen LogP contribution in [0.3, 0.4) is 0 Å². The zero-order chi connectivity index (χ0) is 26.2. The van der Waals surface area contributed by atoms with E-state index in [4.69, 9.17) is 0 Å². The van der Waals surface area contributed by atoms with Crippen LogP contribution < -0.4 is 0 Å². The second kappa shape index (κ2) is 9.69. The maximum atomic E-state index is 14.0. The number of hydrogen-bond acceptors (Lipinski definition) is 3. The summed E-state index contributed by atoms with van der Waals surface area (Å²) in [6, 6.07) is 12.0. The number of carbonyl (C=O) groups is 1. The molecule has 0 amide bonds. The fourth-order valence-corrected chi connectivity index (χ4v) is 4.82. The summed E-state index contributed by atoms with van der Waals surface area (Å²) >= 11 is 0. The highest BCUT2D eigenvalue weighted by Crippen LogP contribution is 2.44. The SMILES string of the molecule is O=C1CCCc2c1ccc1c2cc(-c2ccc(F)c(F)c2)c2cccc(C(F)(F)F)c21.c1cnccn1. The number of carbonyl (C=O) groups excluding carboxylic acids is 1. The number of alkyl halides is 3. The monoisotopic (exact) mass is 506 g/mol. The molecule has 37 heavy (non-hydrogen) atoms. The van der Waals surface area contributed by atoms with E-state index >= 15 is 0 Å². The van der Waals surface area contributed by atoms with Crippen molar-refractivity contribution >= 4 is 27.3 Å². The summed E-state index contributed by atoms with van der Waals surface area (Å²) in [5.74, 6) is -2.16. The van der Waals surface area contributed by atoms with Gasteiger partial charge >= 0.3 is 6.18 Å². The number of rotatable bonds is 1. The van der Waals surface area contributed by atoms with Crippen molar-refractivity contribution in [3.63, 3.8) is 0 Å². The Hall–Kier alpha value is -4.20. The number of benzene rings is 4. The van der Waals surface area contributed by atoms with Crippen LogP contribution in [0.4, 0.5) is 22.0 Å². The number of hydrogen-bond donors (Lipinski definition) is 0. The van der Waals surface area contributed by atoms with Crippen LogP contribution in [0.5, 0.6) is 0 Å². The first-order valence-corrected chi connectivity index (χ1v) is 11.5. The van der Waals surface area contributed by atoms with E-state index in [2.05, 4.69) is 9.97 Å². The minimum Gasteiger partial charge on any atom is -0.294 e. The minimum absolute atomic E-state index is 0.00643. The Morgan fingerprint density at radius 3 is 2.08 bits per heavy atom. The van der Waals surface area contributed by atoms with Gasteiger partial charge in [0.15, 0.2) is 17.4 Å². The van der Waals surface area contributed by atoms with Gasteiger partial charge in [-0.3, -0.25) is 14.8 Å². The molecule has 3 nitrogen and oxygen atoms in total. The van der Waals surface area contributed by atoms with E-state index < -0.39 is 23.4 Å². The Balaban J connectivity index is 0.000000412. The van der Waals surface area contributed by atoms with E-state index in [0.29, 0.717) is 46.7 Å². The van der Waals surface area contributed by atoms with Gasteiger partial charge in [-0.2, -0.15) is 13.2 Å². The molecule has 0 fully saturated rings. The average Bonchev–Trinajstić information content (AvgIpc) is 2.90. The second-order valence-corrected chi connectivity index (χ2v) is 8.64. The van der Waals surface area contributed by atoms with Crippen LogP contribution in [0.2, 0.25) is 0 Å². The van der Waals surface area contributed by atoms with Crippen molar-refractivity contribution in [2.24, 2.45) is 0 Å². The molecule has 0 saturated carbocycles. The topological polar surface area (TPSA) is 42.9 Å². The molecular formula is C29H19F5N2O. The van der Waals surface area contributed by atoms with Crippen molar-refractivity contribution in [2.45, 2.75) is 25.4 Å². The summed E-state index contributed by atoms with van der Waals surface area (Å²) in [7, 11) is 0. The highest BCUT2D eigenvalue weighted by Gasteiger charge is 2.34. The van der Waals surface area contributed by atoms with Crippen molar-refractivity contribution in [3.8, 4) is 11.1 Å². The predicted molar refractivity (Wildman–Crippen MR) is 131 cm³/mol. The summed E-state index contributed by atoms with van der Waals surface area (Å²) in [5.41, 5.74) is 1.04. The number of fused-ring (bicyclic) bond motifs is 5. The molecule has 0 unspecified atom stereocenters. The number of aryl methyl sites for hydroxylation is 1. The number of Topliss-reactive ketones (excluding diaryl/α,β-unsaturated/α-hetero) is 1. The van der Waals surface area contributed by atoms with E-state index in [9.17, 15) is 26.7 Å². The lowest BCUT2D eigenvalue weighted by Gasteiger charge is -2.21. The van der Waals surface area contributed by atoms with E-state index in [1.54, 1.807) is 49.1 Å². The van der Waals surface area contributed by atoms with Crippen LogP contribution in [-0.2, 0) is 12.6 Å². The van der Waals surface area contributed by atoms with Gasteiger partial charge in [-0.15, -0.1) is 0 Å². The van der Waals surface area contributed by atoms with Gasteiger partial charge < -0.3 is 0 Å². The minimum atomic E-state index is -4.61. The van der Waals surface area contributed by atoms with Crippen molar-refractivity contribution in [1.29, 1.82) is 0 Å². The van der Waals surface area contributed by atoms with Crippen molar-refractivity contribution in [1.82, 2.24) is 9.97 Å². The molecule has 0 atom stereocenters. The summed E-state index contributed by atoms with van der Waals surface area (Å²) in [5, 5.41) is 1.21. The molecule has 1 aliphatic rings. The smallest absolute Gasteiger partial charge is 0.294 e. The molecule has 0 spiro atoms. The Bertz CT molecular complexity index is 1600. The molecule has 4 aromatic carbocycles. The van der Waals surface area contributed by atoms with Crippen molar-refractivity contribution in [2.75, 3.05) is 0 Å². The molecule has 1 aliphatic carbocycles. The fraction of sp³-hybridized carbons (Fsp3) is 0.138. The molecule has 0 radical (unpaired) electrons. The summed E-state index contributed by atoms with van der Waals surface area (Å²) < 4.78 is 69.3. The number of halogens is 5. The quantitative estimate of drug-likeness (QED) is 0.171. The molecule has 0 bridgehead atoms. The highest BCUT2D eigenvalue weighted by atomic mass is 19.4. The van der Waals surface area contributed by atoms with Crippen LogP contribution in [0.1, 0.15) is 34.3 Å². The van der Waals surface area contributed by atoms with Crippen molar-refractivity contribution in [3.05, 3.63) is 108 Å². The molecule has 0 saturated heterocycles. The van der Waals surface area contributed by atoms with E-state index in [0.717, 1.165) is 18.2 Å². The molecule has 1 heterocycles. The Labute approximate surface area is 208 Å². The molecule has 8 heteroatoms. The van der Waals surface area contributed by atoms with Gasteiger partial charge in [-0.05, 0) is 70.0 Å². The Kier molecular flexibility index (Phi) is 6.41. The molecule has 0 aliphatic heterocycles. The zero-order valence-electron chi connectivity index (χ0n) is 19.3. The van der Waals surface area contributed by atoms with Gasteiger partial charge in [0, 0.05) is 42.2 Å². The van der Waals surface area contributed by atoms with E-state index in [1.807, 2.05) is 0 Å². The van der Waals surface area contributed by atoms with Crippen LogP contribution in [-0.4, -0.2) is 15.8 Å². The van der Waals surface area contributed by atoms with Crippen LogP contribution >= 0.6 is 0 Å². The fourth-order valence-electron chi connectivity index (χ4n) is 4.82. The third kappa shape index (κ3) is 4.67. The first-order valence-electron chi connectivity index (χ1n) is 11.5. The summed E-state index contributed by atoms with van der Waals surface area (Å²) in [4.78, 5) is 19.8. The third-order valence-corrected chi connectivity index (χ3v) is 6.41. The first-order chi connectivity index (χ1) is 17.8. The molecular weight excluding hydrogens is 487 g/mol. The van der Waals surface area contributed by atoms with Crippen LogP contribution in [0.25, 0.3) is 32.7 Å². The maximum Gasteiger partial charge on any atom is 0.417 e. The molecule has 1 aromatic heterocycles. The number of aromatic nitrogens is 2. The van der Waals surface area contributed by atoms with Gasteiger partial charge in [0.25, 0.3) is 0 Å². The lowest BCUT2D eigenvalue weighted by Crippen LogP contribution is -2.11. The third-order valence-electron chi connectivity index (χ3n) is 6.41. The lowest BCUT2D eigenvalue weighted by atomic mass is 9.83. The van der Waals surface area contributed by atoms with Gasteiger partial charge in [0.1, 0.15) is 0 Å². The average molecular weight is 506 g/mol. The molecule has 6 rings (SSSR count). The number of ketones is 1. The predicted octanol–water partition coefficient (Wildman–Crippen LogP) is 7.95. The van der Waals surface area contributed by atoms with E-state index in [-0.39, 0.29) is 22.1 Å². The zero-order valence-corrected chi connectivity index (χ0v) is 19.3. The van der Waals surface area contributed by atoms with Gasteiger partial charge in [-0.1, -0.05) is 30.3 Å².